The van der Waals surface area contributed by atoms with Gasteiger partial charge in [0, 0.05) is 10.9 Å². The van der Waals surface area contributed by atoms with E-state index in [1.165, 1.54) is 0 Å². The number of nitrogens with one attached hydrogen (secondary N) is 1. The van der Waals surface area contributed by atoms with E-state index in [9.17, 15) is 4.79 Å². The fourth-order valence-electron chi connectivity index (χ4n) is 1.52. The minimum absolute atomic E-state index is 0.161. The predicted octanol–water partition coefficient (Wildman–Crippen LogP) is 1.60. The Labute approximate surface area is 87.1 Å². The zero-order valence-electron chi connectivity index (χ0n) is 8.59. The summed E-state index contributed by atoms with van der Waals surface area (Å²) in [4.78, 5) is 11.4. The van der Waals surface area contributed by atoms with Gasteiger partial charge >= 0.3 is 0 Å². The molecule has 1 heterocycles. The first kappa shape index (κ1) is 9.47. The Kier molecular flexibility index (Phi) is 2.26. The second-order valence-electron chi connectivity index (χ2n) is 3.27. The van der Waals surface area contributed by atoms with Crippen LogP contribution in [0.15, 0.2) is 23.0 Å². The standard InChI is InChI=1S/C12H10N2O/c1-3-4-9-5-6-10-11(7-9)8(2)13-14-12(10)15/h5-7H,1-2H3,(H,14,15). The zero-order chi connectivity index (χ0) is 10.8. The molecule has 0 bridgehead atoms. The third kappa shape index (κ3) is 1.62. The minimum atomic E-state index is -0.161. The summed E-state index contributed by atoms with van der Waals surface area (Å²) in [6, 6.07) is 5.51. The number of hydrogen-bond acceptors (Lipinski definition) is 2. The van der Waals surface area contributed by atoms with Crippen LogP contribution in [0.3, 0.4) is 0 Å². The number of aromatic nitrogens is 2. The SMILES string of the molecule is CC#Cc1ccc2c(=O)[nH]nc(C)c2c1. The molecular formula is C12H10N2O. The highest BCUT2D eigenvalue weighted by Gasteiger charge is 2.02. The first-order valence-electron chi connectivity index (χ1n) is 4.64. The van der Waals surface area contributed by atoms with Gasteiger partial charge in [0.25, 0.3) is 5.56 Å². The summed E-state index contributed by atoms with van der Waals surface area (Å²) >= 11 is 0. The summed E-state index contributed by atoms with van der Waals surface area (Å²) in [6.07, 6.45) is 0. The van der Waals surface area contributed by atoms with Gasteiger partial charge in [-0.05, 0) is 32.0 Å². The van der Waals surface area contributed by atoms with Crippen LogP contribution in [-0.4, -0.2) is 10.2 Å². The van der Waals surface area contributed by atoms with E-state index >= 15 is 0 Å². The van der Waals surface area contributed by atoms with Gasteiger partial charge in [-0.1, -0.05) is 5.92 Å². The Morgan fingerprint density at radius 2 is 2.13 bits per heavy atom. The van der Waals surface area contributed by atoms with Crippen LogP contribution in [0.1, 0.15) is 18.2 Å². The number of hydrogen-bond donors (Lipinski definition) is 1. The van der Waals surface area contributed by atoms with Crippen molar-refractivity contribution in [2.75, 3.05) is 0 Å². The van der Waals surface area contributed by atoms with E-state index in [-0.39, 0.29) is 5.56 Å². The Balaban J connectivity index is 2.85. The van der Waals surface area contributed by atoms with Crippen LogP contribution in [0.5, 0.6) is 0 Å². The molecule has 1 aromatic heterocycles. The molecule has 0 aliphatic heterocycles. The monoisotopic (exact) mass is 198 g/mol. The largest absolute Gasteiger partial charge is 0.272 e. The Hall–Kier alpha value is -2.08. The van der Waals surface area contributed by atoms with Crippen molar-refractivity contribution in [3.63, 3.8) is 0 Å². The van der Waals surface area contributed by atoms with E-state index in [4.69, 9.17) is 0 Å². The van der Waals surface area contributed by atoms with Crippen LogP contribution in [0.2, 0.25) is 0 Å². The summed E-state index contributed by atoms with van der Waals surface area (Å²) in [6.45, 7) is 3.65. The van der Waals surface area contributed by atoms with Crippen molar-refractivity contribution in [1.82, 2.24) is 10.2 Å². The van der Waals surface area contributed by atoms with E-state index in [1.54, 1.807) is 13.0 Å². The van der Waals surface area contributed by atoms with Crippen LogP contribution in [0.25, 0.3) is 10.8 Å². The van der Waals surface area contributed by atoms with E-state index in [1.807, 2.05) is 19.1 Å². The van der Waals surface area contributed by atoms with Gasteiger partial charge in [-0.2, -0.15) is 5.10 Å². The van der Waals surface area contributed by atoms with E-state index in [0.29, 0.717) is 5.39 Å². The van der Waals surface area contributed by atoms with Crippen molar-refractivity contribution in [2.45, 2.75) is 13.8 Å². The number of fused-ring (bicyclic) bond motifs is 1. The molecule has 15 heavy (non-hydrogen) atoms. The van der Waals surface area contributed by atoms with Crippen molar-refractivity contribution in [3.8, 4) is 11.8 Å². The number of aryl methyl sites for hydroxylation is 1. The second-order valence-corrected chi connectivity index (χ2v) is 3.27. The lowest BCUT2D eigenvalue weighted by molar-refractivity contribution is 0.970. The first-order chi connectivity index (χ1) is 7.22. The Morgan fingerprint density at radius 3 is 2.87 bits per heavy atom. The molecule has 0 saturated carbocycles. The van der Waals surface area contributed by atoms with E-state index < -0.39 is 0 Å². The van der Waals surface area contributed by atoms with Gasteiger partial charge in [0.15, 0.2) is 0 Å². The van der Waals surface area contributed by atoms with E-state index in [0.717, 1.165) is 16.6 Å². The van der Waals surface area contributed by atoms with Crippen molar-refractivity contribution in [1.29, 1.82) is 0 Å². The van der Waals surface area contributed by atoms with Crippen LogP contribution in [-0.2, 0) is 0 Å². The molecule has 0 amide bonds. The smallest absolute Gasteiger partial charge is 0.267 e. The number of aromatic amines is 1. The molecule has 3 heteroatoms. The lowest BCUT2D eigenvalue weighted by atomic mass is 10.1. The maximum absolute atomic E-state index is 11.4. The fraction of sp³-hybridized carbons (Fsp3) is 0.167. The lowest BCUT2D eigenvalue weighted by Gasteiger charge is -2.00. The summed E-state index contributed by atoms with van der Waals surface area (Å²) in [7, 11) is 0. The van der Waals surface area contributed by atoms with Crippen LogP contribution in [0, 0.1) is 18.8 Å². The Bertz CT molecular complexity index is 629. The third-order valence-corrected chi connectivity index (χ3v) is 2.25. The molecule has 0 fully saturated rings. The van der Waals surface area contributed by atoms with Crippen molar-refractivity contribution in [2.24, 2.45) is 0 Å². The molecule has 0 unspecified atom stereocenters. The van der Waals surface area contributed by atoms with Gasteiger partial charge in [-0.3, -0.25) is 4.79 Å². The molecule has 0 aliphatic carbocycles. The molecular weight excluding hydrogens is 188 g/mol. The molecule has 0 atom stereocenters. The van der Waals surface area contributed by atoms with Gasteiger partial charge in [-0.25, -0.2) is 5.10 Å². The molecule has 3 nitrogen and oxygen atoms in total. The minimum Gasteiger partial charge on any atom is -0.267 e. The van der Waals surface area contributed by atoms with Gasteiger partial charge in [0.1, 0.15) is 0 Å². The van der Waals surface area contributed by atoms with Crippen LogP contribution in [0.4, 0.5) is 0 Å². The van der Waals surface area contributed by atoms with Crippen molar-refractivity contribution < 1.29 is 0 Å². The molecule has 74 valence electrons. The quantitative estimate of drug-likeness (QED) is 0.653. The number of rotatable bonds is 0. The van der Waals surface area contributed by atoms with Crippen molar-refractivity contribution in [3.05, 3.63) is 39.8 Å². The van der Waals surface area contributed by atoms with Crippen LogP contribution >= 0.6 is 0 Å². The van der Waals surface area contributed by atoms with E-state index in [2.05, 4.69) is 22.0 Å². The zero-order valence-corrected chi connectivity index (χ0v) is 8.59. The van der Waals surface area contributed by atoms with Gasteiger partial charge in [-0.15, -0.1) is 5.92 Å². The Morgan fingerprint density at radius 1 is 1.33 bits per heavy atom. The average molecular weight is 198 g/mol. The van der Waals surface area contributed by atoms with Gasteiger partial charge in [0.2, 0.25) is 0 Å². The summed E-state index contributed by atoms with van der Waals surface area (Å²) in [5, 5.41) is 7.89. The maximum atomic E-state index is 11.4. The molecule has 1 aromatic carbocycles. The summed E-state index contributed by atoms with van der Waals surface area (Å²) in [5.74, 6) is 5.78. The highest BCUT2D eigenvalue weighted by atomic mass is 16.1. The molecule has 2 rings (SSSR count). The second kappa shape index (κ2) is 3.58. The molecule has 1 N–H and O–H groups in total. The molecule has 0 saturated heterocycles. The molecule has 0 spiro atoms. The predicted molar refractivity (Wildman–Crippen MR) is 59.7 cm³/mol. The fourth-order valence-corrected chi connectivity index (χ4v) is 1.52. The van der Waals surface area contributed by atoms with Gasteiger partial charge < -0.3 is 0 Å². The third-order valence-electron chi connectivity index (χ3n) is 2.25. The number of nitrogens with zero attached hydrogens (tertiary/aromatic N) is 1. The summed E-state index contributed by atoms with van der Waals surface area (Å²) < 4.78 is 0. The normalized spacial score (nSPS) is 9.73. The molecule has 0 radical (unpaired) electrons. The van der Waals surface area contributed by atoms with Gasteiger partial charge in [0.05, 0.1) is 11.1 Å². The molecule has 0 aliphatic rings. The highest BCUT2D eigenvalue weighted by molar-refractivity contribution is 5.84. The van der Waals surface area contributed by atoms with Crippen molar-refractivity contribution >= 4 is 10.8 Å². The highest BCUT2D eigenvalue weighted by Crippen LogP contribution is 2.13. The average Bonchev–Trinajstić information content (AvgIpc) is 2.24. The number of benzene rings is 1. The maximum Gasteiger partial charge on any atom is 0.272 e. The lowest BCUT2D eigenvalue weighted by Crippen LogP contribution is -2.09. The molecule has 2 aromatic rings. The first-order valence-corrected chi connectivity index (χ1v) is 4.64. The topological polar surface area (TPSA) is 45.8 Å². The van der Waals surface area contributed by atoms with Crippen LogP contribution < -0.4 is 5.56 Å². The summed E-state index contributed by atoms with van der Waals surface area (Å²) in [5.41, 5.74) is 1.55. The number of H-pyrrole nitrogens is 1.